The van der Waals surface area contributed by atoms with Gasteiger partial charge in [-0.1, -0.05) is 44.3 Å². The van der Waals surface area contributed by atoms with Crippen molar-refractivity contribution < 1.29 is 9.53 Å². The van der Waals surface area contributed by atoms with E-state index in [1.807, 2.05) is 23.5 Å². The number of esters is 1. The number of ether oxygens (including phenoxy) is 1. The van der Waals surface area contributed by atoms with E-state index < -0.39 is 0 Å². The summed E-state index contributed by atoms with van der Waals surface area (Å²) in [6.45, 7) is 0. The van der Waals surface area contributed by atoms with Crippen LogP contribution in [-0.4, -0.2) is 24.1 Å². The average molecular weight is 395 g/mol. The van der Waals surface area contributed by atoms with Crippen LogP contribution in [0.2, 0.25) is 0 Å². The van der Waals surface area contributed by atoms with E-state index in [0.29, 0.717) is 6.42 Å². The van der Waals surface area contributed by atoms with E-state index in [4.69, 9.17) is 12.2 Å². The largest absolute Gasteiger partial charge is 0.469 e. The first-order valence-electron chi connectivity index (χ1n) is 7.69. The van der Waals surface area contributed by atoms with E-state index in [9.17, 15) is 4.79 Å². The summed E-state index contributed by atoms with van der Waals surface area (Å²) in [4.78, 5) is 11.0. The number of fused-ring (bicyclic) bond motifs is 1. The van der Waals surface area contributed by atoms with E-state index in [1.165, 1.54) is 53.4 Å². The van der Waals surface area contributed by atoms with Gasteiger partial charge in [-0.2, -0.15) is 0 Å². The van der Waals surface area contributed by atoms with Gasteiger partial charge >= 0.3 is 5.97 Å². The molecule has 0 bridgehead atoms. The minimum Gasteiger partial charge on any atom is -0.469 e. The maximum absolute atomic E-state index is 11.0. The van der Waals surface area contributed by atoms with Gasteiger partial charge in [0, 0.05) is 17.4 Å². The van der Waals surface area contributed by atoms with E-state index in [-0.39, 0.29) is 5.97 Å². The number of hydrogen-bond acceptors (Lipinski definition) is 7. The first-order valence-corrected chi connectivity index (χ1v) is 11.6. The highest BCUT2D eigenvalue weighted by molar-refractivity contribution is 8.08. The fourth-order valence-corrected chi connectivity index (χ4v) is 9.10. The van der Waals surface area contributed by atoms with Crippen molar-refractivity contribution in [2.45, 2.75) is 65.0 Å². The van der Waals surface area contributed by atoms with Crippen LogP contribution < -0.4 is 0 Å². The number of unbranched alkanes of at least 4 members (excludes halogenated alkanes) is 5. The van der Waals surface area contributed by atoms with Gasteiger partial charge in [-0.05, 0) is 12.8 Å². The first kappa shape index (κ1) is 18.8. The van der Waals surface area contributed by atoms with Crippen molar-refractivity contribution in [2.75, 3.05) is 12.9 Å². The number of carbonyl (C=O) groups excluding carboxylic acids is 1. The lowest BCUT2D eigenvalue weighted by atomic mass is 10.1. The highest BCUT2D eigenvalue weighted by atomic mass is 32.2. The Morgan fingerprint density at radius 3 is 2.59 bits per heavy atom. The van der Waals surface area contributed by atoms with Gasteiger partial charge < -0.3 is 4.74 Å². The van der Waals surface area contributed by atoms with Gasteiger partial charge in [0.25, 0.3) is 0 Å². The maximum atomic E-state index is 11.0. The Morgan fingerprint density at radius 2 is 1.82 bits per heavy atom. The van der Waals surface area contributed by atoms with Crippen LogP contribution in [0.1, 0.15) is 51.4 Å². The molecule has 2 heterocycles. The molecular weight excluding hydrogens is 372 g/mol. The Labute approximate surface area is 154 Å². The molecule has 0 saturated carbocycles. The molecule has 2 rings (SSSR count). The molecule has 0 amide bonds. The Balaban J connectivity index is 1.49. The van der Waals surface area contributed by atoms with Crippen molar-refractivity contribution in [1.29, 1.82) is 0 Å². The first-order chi connectivity index (χ1) is 10.7. The monoisotopic (exact) mass is 394 g/mol. The lowest BCUT2D eigenvalue weighted by Crippen LogP contribution is -2.08. The molecule has 1 atom stereocenters. The zero-order valence-electron chi connectivity index (χ0n) is 12.8. The number of carbonyl (C=O) groups is 1. The van der Waals surface area contributed by atoms with Gasteiger partial charge in [0.05, 0.1) is 15.5 Å². The Hall–Kier alpha value is 0.440. The molecule has 7 heteroatoms. The van der Waals surface area contributed by atoms with E-state index in [2.05, 4.69) is 4.74 Å². The van der Waals surface area contributed by atoms with E-state index >= 15 is 0 Å². The Morgan fingerprint density at radius 1 is 1.14 bits per heavy atom. The average Bonchev–Trinajstić information content (AvgIpc) is 2.88. The minimum atomic E-state index is -0.0806. The molecule has 1 aliphatic rings. The molecule has 1 aromatic heterocycles. The fraction of sp³-hybridized carbons (Fsp3) is 0.733. The van der Waals surface area contributed by atoms with E-state index in [1.54, 1.807) is 22.7 Å². The number of hydrogen-bond donors (Lipinski definition) is 0. The molecule has 0 spiro atoms. The molecule has 124 valence electrons. The second-order valence-corrected chi connectivity index (χ2v) is 11.4. The second kappa shape index (κ2) is 10.3. The Bertz CT molecular complexity index is 522. The highest BCUT2D eigenvalue weighted by Gasteiger charge is 2.21. The van der Waals surface area contributed by atoms with Gasteiger partial charge in [0.15, 0.2) is 0 Å². The molecular formula is C15H22O2S5. The number of thioether (sulfide) groups is 2. The predicted molar refractivity (Wildman–Crippen MR) is 102 cm³/mol. The van der Waals surface area contributed by atoms with Crippen LogP contribution in [0.3, 0.4) is 0 Å². The third-order valence-electron chi connectivity index (χ3n) is 3.58. The topological polar surface area (TPSA) is 26.3 Å². The molecule has 0 radical (unpaired) electrons. The highest BCUT2D eigenvalue weighted by Crippen LogP contribution is 2.48. The van der Waals surface area contributed by atoms with Crippen molar-refractivity contribution in [3.05, 3.63) is 3.14 Å². The normalized spacial score (nSPS) is 17.2. The number of rotatable bonds is 9. The fourth-order valence-electron chi connectivity index (χ4n) is 2.36. The summed E-state index contributed by atoms with van der Waals surface area (Å²) in [6.07, 6.45) is 9.15. The lowest BCUT2D eigenvalue weighted by molar-refractivity contribution is -0.140. The molecule has 0 N–H and O–H groups in total. The van der Waals surface area contributed by atoms with Gasteiger partial charge in [0.2, 0.25) is 0 Å². The molecule has 0 fully saturated rings. The quantitative estimate of drug-likeness (QED) is 0.274. The van der Waals surface area contributed by atoms with Crippen molar-refractivity contribution in [3.8, 4) is 0 Å². The summed E-state index contributed by atoms with van der Waals surface area (Å²) in [7, 11) is 1.46. The Kier molecular flexibility index (Phi) is 8.82. The lowest BCUT2D eigenvalue weighted by Gasteiger charge is -2.20. The van der Waals surface area contributed by atoms with Crippen LogP contribution in [0.15, 0.2) is 8.42 Å². The smallest absolute Gasteiger partial charge is 0.305 e. The minimum absolute atomic E-state index is 0.0806. The predicted octanol–water partition coefficient (Wildman–Crippen LogP) is 6.40. The SMILES string of the molecule is COC(=O)CCCCCCCCC1CSc2sc(=S)sc2S1. The molecule has 1 aliphatic heterocycles. The number of methoxy groups -OCH3 is 1. The zero-order valence-corrected chi connectivity index (χ0v) is 16.9. The van der Waals surface area contributed by atoms with Crippen molar-refractivity contribution in [2.24, 2.45) is 0 Å². The third-order valence-corrected chi connectivity index (χ3v) is 9.75. The molecule has 0 aliphatic carbocycles. The van der Waals surface area contributed by atoms with Crippen LogP contribution in [0.4, 0.5) is 0 Å². The van der Waals surface area contributed by atoms with Crippen LogP contribution in [0.25, 0.3) is 0 Å². The van der Waals surface area contributed by atoms with Crippen LogP contribution >= 0.6 is 58.4 Å². The van der Waals surface area contributed by atoms with Crippen molar-refractivity contribution in [1.82, 2.24) is 0 Å². The third kappa shape index (κ3) is 6.51. The standard InChI is InChI=1S/C15H22O2S5/c1-17-12(16)9-7-5-3-2-4-6-8-11-10-19-13-14(20-11)22-15(18)21-13/h11H,2-10H2,1H3. The molecule has 22 heavy (non-hydrogen) atoms. The summed E-state index contributed by atoms with van der Waals surface area (Å²) >= 11 is 12.9. The van der Waals surface area contributed by atoms with Gasteiger partial charge in [-0.15, -0.1) is 46.2 Å². The van der Waals surface area contributed by atoms with Crippen molar-refractivity contribution >= 4 is 64.4 Å². The molecule has 1 unspecified atom stereocenters. The van der Waals surface area contributed by atoms with Crippen LogP contribution in [-0.2, 0) is 9.53 Å². The second-order valence-electron chi connectivity index (χ2n) is 5.32. The van der Waals surface area contributed by atoms with Gasteiger partial charge in [0.1, 0.15) is 3.14 Å². The van der Waals surface area contributed by atoms with Crippen molar-refractivity contribution in [3.63, 3.8) is 0 Å². The maximum Gasteiger partial charge on any atom is 0.305 e. The van der Waals surface area contributed by atoms with Crippen LogP contribution in [0, 0.1) is 3.14 Å². The molecule has 0 saturated heterocycles. The van der Waals surface area contributed by atoms with Crippen LogP contribution in [0.5, 0.6) is 0 Å². The van der Waals surface area contributed by atoms with E-state index in [0.717, 1.165) is 21.2 Å². The molecule has 1 aromatic rings. The zero-order chi connectivity index (χ0) is 15.8. The summed E-state index contributed by atoms with van der Waals surface area (Å²) in [6, 6.07) is 0. The van der Waals surface area contributed by atoms with Gasteiger partial charge in [-0.3, -0.25) is 4.79 Å². The van der Waals surface area contributed by atoms with Gasteiger partial charge in [-0.25, -0.2) is 0 Å². The summed E-state index contributed by atoms with van der Waals surface area (Å²) in [5, 5.41) is 0.761. The summed E-state index contributed by atoms with van der Waals surface area (Å²) in [5.74, 6) is 1.15. The summed E-state index contributed by atoms with van der Waals surface area (Å²) < 4.78 is 8.61. The molecule has 2 nitrogen and oxygen atoms in total. The molecule has 0 aromatic carbocycles. The summed E-state index contributed by atoms with van der Waals surface area (Å²) in [5.41, 5.74) is 0.